The molecule has 0 spiro atoms. The zero-order valence-corrected chi connectivity index (χ0v) is 22.3. The molecule has 1 amide bonds. The molecular formula is C27H25F3N2O3S2. The van der Waals surface area contributed by atoms with Crippen molar-refractivity contribution in [2.75, 3.05) is 6.61 Å². The first-order valence-corrected chi connectivity index (χ1v) is 13.1. The van der Waals surface area contributed by atoms with Crippen molar-refractivity contribution >= 4 is 44.8 Å². The molecule has 3 aromatic heterocycles. The van der Waals surface area contributed by atoms with E-state index in [1.165, 1.54) is 18.3 Å². The molecule has 0 aliphatic rings. The van der Waals surface area contributed by atoms with E-state index in [-0.39, 0.29) is 26.4 Å². The van der Waals surface area contributed by atoms with Crippen molar-refractivity contribution in [1.29, 1.82) is 0 Å². The summed E-state index contributed by atoms with van der Waals surface area (Å²) in [7, 11) is 0. The zero-order valence-electron chi connectivity index (χ0n) is 20.7. The molecular weight excluding hydrogens is 521 g/mol. The average molecular weight is 547 g/mol. The number of benzene rings is 1. The Bertz CT molecular complexity index is 1420. The highest BCUT2D eigenvalue weighted by atomic mass is 32.1. The number of carbonyl (C=O) groups is 2. The van der Waals surface area contributed by atoms with Crippen molar-refractivity contribution in [3.05, 3.63) is 75.5 Å². The van der Waals surface area contributed by atoms with Crippen molar-refractivity contribution in [2.45, 2.75) is 46.0 Å². The molecule has 4 rings (SSSR count). The number of esters is 1. The summed E-state index contributed by atoms with van der Waals surface area (Å²) in [6.07, 6.45) is -4.64. The van der Waals surface area contributed by atoms with Gasteiger partial charge >= 0.3 is 12.1 Å². The Morgan fingerprint density at radius 2 is 1.76 bits per heavy atom. The lowest BCUT2D eigenvalue weighted by atomic mass is 10.0. The van der Waals surface area contributed by atoms with Crippen LogP contribution in [-0.2, 0) is 22.3 Å². The quantitative estimate of drug-likeness (QED) is 0.238. The van der Waals surface area contributed by atoms with Crippen LogP contribution in [0.2, 0.25) is 0 Å². The highest BCUT2D eigenvalue weighted by Gasteiger charge is 2.36. The molecule has 37 heavy (non-hydrogen) atoms. The maximum absolute atomic E-state index is 14.0. The lowest BCUT2D eigenvalue weighted by Crippen LogP contribution is -2.46. The van der Waals surface area contributed by atoms with Crippen LogP contribution in [0.25, 0.3) is 20.8 Å². The van der Waals surface area contributed by atoms with Gasteiger partial charge in [-0.25, -0.2) is 9.78 Å². The Morgan fingerprint density at radius 3 is 2.35 bits per heavy atom. The molecule has 0 bridgehead atoms. The molecule has 3 heterocycles. The molecule has 10 heteroatoms. The second kappa shape index (κ2) is 10.3. The van der Waals surface area contributed by atoms with Gasteiger partial charge in [-0.15, -0.1) is 22.7 Å². The van der Waals surface area contributed by atoms with E-state index in [1.807, 2.05) is 51.1 Å². The Morgan fingerprint density at radius 1 is 1.05 bits per heavy atom. The Hall–Kier alpha value is -3.24. The van der Waals surface area contributed by atoms with Crippen LogP contribution >= 0.6 is 22.7 Å². The van der Waals surface area contributed by atoms with Crippen LogP contribution in [0.5, 0.6) is 0 Å². The predicted molar refractivity (Wildman–Crippen MR) is 140 cm³/mol. The van der Waals surface area contributed by atoms with Crippen molar-refractivity contribution in [2.24, 2.45) is 0 Å². The standard InChI is InChI=1S/C27H25F3N2O3S2/c1-16-22-18(27(28,29)30)13-19(20-11-8-12-36-20)31-24(22)37-23(16)25(34)35-15-21(33)32(26(2,3)4)14-17-9-6-5-7-10-17/h5-13H,14-15H2,1-4H3. The fraction of sp³-hybridized carbons (Fsp3) is 0.296. The zero-order chi connectivity index (χ0) is 27.0. The number of nitrogens with zero attached hydrogens (tertiary/aromatic N) is 2. The summed E-state index contributed by atoms with van der Waals surface area (Å²) in [6.45, 7) is 6.86. The average Bonchev–Trinajstić information content (AvgIpc) is 3.48. The highest BCUT2D eigenvalue weighted by molar-refractivity contribution is 7.20. The van der Waals surface area contributed by atoms with Crippen LogP contribution in [0.3, 0.4) is 0 Å². The van der Waals surface area contributed by atoms with Crippen LogP contribution < -0.4 is 0 Å². The lowest BCUT2D eigenvalue weighted by molar-refractivity contribution is -0.140. The Kier molecular flexibility index (Phi) is 7.43. The minimum atomic E-state index is -4.64. The number of ether oxygens (including phenoxy) is 1. The van der Waals surface area contributed by atoms with E-state index in [0.717, 1.165) is 23.0 Å². The van der Waals surface area contributed by atoms with Crippen LogP contribution in [0.15, 0.2) is 53.9 Å². The first kappa shape index (κ1) is 26.8. The number of amides is 1. The van der Waals surface area contributed by atoms with E-state index in [0.29, 0.717) is 11.4 Å². The fourth-order valence-corrected chi connectivity index (χ4v) is 5.74. The van der Waals surface area contributed by atoms with Crippen molar-refractivity contribution in [1.82, 2.24) is 9.88 Å². The summed E-state index contributed by atoms with van der Waals surface area (Å²) in [5.74, 6) is -1.26. The van der Waals surface area contributed by atoms with Gasteiger partial charge in [-0.05, 0) is 56.3 Å². The molecule has 0 N–H and O–H groups in total. The number of aromatic nitrogens is 1. The number of hydrogen-bond acceptors (Lipinski definition) is 6. The van der Waals surface area contributed by atoms with Gasteiger partial charge in [-0.2, -0.15) is 13.2 Å². The van der Waals surface area contributed by atoms with Gasteiger partial charge in [-0.3, -0.25) is 4.79 Å². The number of rotatable bonds is 6. The molecule has 0 unspecified atom stereocenters. The molecule has 4 aromatic rings. The number of hydrogen-bond donors (Lipinski definition) is 0. The summed E-state index contributed by atoms with van der Waals surface area (Å²) in [4.78, 5) is 32.7. The molecule has 0 aliphatic carbocycles. The van der Waals surface area contributed by atoms with Gasteiger partial charge < -0.3 is 9.64 Å². The van der Waals surface area contributed by atoms with E-state index in [4.69, 9.17) is 4.74 Å². The van der Waals surface area contributed by atoms with E-state index in [9.17, 15) is 22.8 Å². The van der Waals surface area contributed by atoms with Crippen molar-refractivity contribution < 1.29 is 27.5 Å². The normalized spacial score (nSPS) is 12.1. The summed E-state index contributed by atoms with van der Waals surface area (Å²) in [5.41, 5.74) is -0.160. The van der Waals surface area contributed by atoms with Gasteiger partial charge in [0.25, 0.3) is 5.91 Å². The van der Waals surface area contributed by atoms with Crippen molar-refractivity contribution in [3.8, 4) is 10.6 Å². The van der Waals surface area contributed by atoms with Gasteiger partial charge in [0.15, 0.2) is 6.61 Å². The summed E-state index contributed by atoms with van der Waals surface area (Å²) >= 11 is 2.11. The Labute approximate surface area is 220 Å². The third-order valence-electron chi connectivity index (χ3n) is 5.79. The SMILES string of the molecule is Cc1c(C(=O)OCC(=O)N(Cc2ccccc2)C(C)(C)C)sc2nc(-c3cccs3)cc(C(F)(F)F)c12. The molecule has 1 aromatic carbocycles. The number of aryl methyl sites for hydroxylation is 1. The number of carbonyl (C=O) groups excluding carboxylic acids is 2. The van der Waals surface area contributed by atoms with Crippen LogP contribution in [-0.4, -0.2) is 33.9 Å². The molecule has 0 aliphatic heterocycles. The molecule has 0 saturated carbocycles. The van der Waals surface area contributed by atoms with Gasteiger partial charge in [0.1, 0.15) is 9.71 Å². The number of thiophene rings is 2. The first-order chi connectivity index (χ1) is 17.4. The molecule has 0 saturated heterocycles. The van der Waals surface area contributed by atoms with E-state index < -0.39 is 35.8 Å². The van der Waals surface area contributed by atoms with Crippen LogP contribution in [0.4, 0.5) is 13.2 Å². The fourth-order valence-electron chi connectivity index (χ4n) is 3.95. The maximum Gasteiger partial charge on any atom is 0.417 e. The minimum absolute atomic E-state index is 0.00509. The summed E-state index contributed by atoms with van der Waals surface area (Å²) in [5, 5.41) is 1.63. The van der Waals surface area contributed by atoms with E-state index >= 15 is 0 Å². The van der Waals surface area contributed by atoms with Crippen LogP contribution in [0.1, 0.15) is 47.1 Å². The van der Waals surface area contributed by atoms with Gasteiger partial charge in [-0.1, -0.05) is 36.4 Å². The van der Waals surface area contributed by atoms with Crippen molar-refractivity contribution in [3.63, 3.8) is 0 Å². The third-order valence-corrected chi connectivity index (χ3v) is 7.84. The number of halogens is 3. The van der Waals surface area contributed by atoms with Crippen LogP contribution in [0, 0.1) is 6.92 Å². The second-order valence-electron chi connectivity index (χ2n) is 9.48. The monoisotopic (exact) mass is 546 g/mol. The van der Waals surface area contributed by atoms with Gasteiger partial charge in [0.2, 0.25) is 0 Å². The number of fused-ring (bicyclic) bond motifs is 1. The number of alkyl halides is 3. The smallest absolute Gasteiger partial charge is 0.417 e. The molecule has 5 nitrogen and oxygen atoms in total. The summed E-state index contributed by atoms with van der Waals surface area (Å²) in [6, 6.07) is 13.9. The minimum Gasteiger partial charge on any atom is -0.451 e. The largest absolute Gasteiger partial charge is 0.451 e. The first-order valence-electron chi connectivity index (χ1n) is 11.4. The lowest BCUT2D eigenvalue weighted by Gasteiger charge is -2.35. The summed E-state index contributed by atoms with van der Waals surface area (Å²) < 4.78 is 47.2. The van der Waals surface area contributed by atoms with E-state index in [1.54, 1.807) is 22.4 Å². The topological polar surface area (TPSA) is 59.5 Å². The molecule has 0 atom stereocenters. The Balaban J connectivity index is 1.60. The maximum atomic E-state index is 14.0. The second-order valence-corrected chi connectivity index (χ2v) is 11.4. The third kappa shape index (κ3) is 5.86. The molecule has 0 fully saturated rings. The molecule has 194 valence electrons. The van der Waals surface area contributed by atoms with Gasteiger partial charge in [0, 0.05) is 17.5 Å². The van der Waals surface area contributed by atoms with Gasteiger partial charge in [0.05, 0.1) is 16.1 Å². The highest BCUT2D eigenvalue weighted by Crippen LogP contribution is 2.42. The van der Waals surface area contributed by atoms with E-state index in [2.05, 4.69) is 4.98 Å². The predicted octanol–water partition coefficient (Wildman–Crippen LogP) is 7.34. The molecule has 0 radical (unpaired) electrons. The number of pyridine rings is 1.